The van der Waals surface area contributed by atoms with Crippen molar-refractivity contribution in [1.82, 2.24) is 14.1 Å². The molecule has 0 aliphatic heterocycles. The first kappa shape index (κ1) is 21.6. The van der Waals surface area contributed by atoms with Crippen LogP contribution in [0.4, 0.5) is 18.9 Å². The van der Waals surface area contributed by atoms with Gasteiger partial charge < -0.3 is 5.32 Å². The van der Waals surface area contributed by atoms with Crippen molar-refractivity contribution in [1.29, 1.82) is 0 Å². The maximum atomic E-state index is 13.1. The summed E-state index contributed by atoms with van der Waals surface area (Å²) < 4.78 is 41.5. The third-order valence-electron chi connectivity index (χ3n) is 4.45. The van der Waals surface area contributed by atoms with Crippen molar-refractivity contribution in [2.75, 3.05) is 11.1 Å². The van der Waals surface area contributed by atoms with Gasteiger partial charge in [-0.1, -0.05) is 12.1 Å². The normalized spacial score (nSPS) is 11.7. The van der Waals surface area contributed by atoms with Gasteiger partial charge in [-0.05, 0) is 24.6 Å². The van der Waals surface area contributed by atoms with Crippen molar-refractivity contribution in [3.8, 4) is 0 Å². The molecule has 3 aromatic rings. The number of nitrogens with zero attached hydrogens (tertiary/aromatic N) is 3. The average molecular weight is 438 g/mol. The summed E-state index contributed by atoms with van der Waals surface area (Å²) in [6.45, 7) is 1.69. The van der Waals surface area contributed by atoms with Gasteiger partial charge >= 0.3 is 11.9 Å². The number of nitrogens with one attached hydrogen (secondary N) is 1. The maximum Gasteiger partial charge on any atom is 0.418 e. The Hall–Kier alpha value is -3.08. The highest BCUT2D eigenvalue weighted by atomic mass is 32.2. The fourth-order valence-electron chi connectivity index (χ4n) is 2.95. The zero-order chi connectivity index (χ0) is 22.2. The molecule has 0 aliphatic rings. The van der Waals surface area contributed by atoms with E-state index in [4.69, 9.17) is 0 Å². The summed E-state index contributed by atoms with van der Waals surface area (Å²) in [5.41, 5.74) is -1.62. The molecule has 0 saturated heterocycles. The molecular weight excluding hydrogens is 421 g/mol. The topological polar surface area (TPSA) is 86.0 Å². The zero-order valence-electron chi connectivity index (χ0n) is 16.2. The first-order valence-corrected chi connectivity index (χ1v) is 9.65. The van der Waals surface area contributed by atoms with E-state index < -0.39 is 28.9 Å². The van der Waals surface area contributed by atoms with Gasteiger partial charge in [0.05, 0.1) is 22.4 Å². The molecule has 0 unspecified atom stereocenters. The van der Waals surface area contributed by atoms with Gasteiger partial charge in [-0.2, -0.15) is 13.2 Å². The SMILES string of the molecule is Cc1cnc2c(c1SCC(=O)Nc1ccccc1C(F)(F)F)c(=O)n(C)c(=O)n2C. The van der Waals surface area contributed by atoms with E-state index in [1.165, 1.54) is 43.1 Å². The first-order valence-electron chi connectivity index (χ1n) is 8.66. The minimum absolute atomic E-state index is 0.166. The predicted molar refractivity (Wildman–Crippen MR) is 108 cm³/mol. The number of carbonyl (C=O) groups is 1. The number of amides is 1. The van der Waals surface area contributed by atoms with E-state index in [0.29, 0.717) is 10.5 Å². The van der Waals surface area contributed by atoms with Crippen molar-refractivity contribution in [3.05, 3.63) is 62.4 Å². The summed E-state index contributed by atoms with van der Waals surface area (Å²) in [7, 11) is 2.81. The van der Waals surface area contributed by atoms with E-state index in [0.717, 1.165) is 22.4 Å². The van der Waals surface area contributed by atoms with Crippen LogP contribution in [-0.4, -0.2) is 25.8 Å². The molecule has 0 fully saturated rings. The Labute approximate surface area is 172 Å². The number of carbonyl (C=O) groups excluding carboxylic acids is 1. The molecule has 7 nitrogen and oxygen atoms in total. The van der Waals surface area contributed by atoms with Crippen molar-refractivity contribution < 1.29 is 18.0 Å². The minimum Gasteiger partial charge on any atom is -0.325 e. The highest BCUT2D eigenvalue weighted by molar-refractivity contribution is 8.00. The molecule has 30 heavy (non-hydrogen) atoms. The van der Waals surface area contributed by atoms with Crippen molar-refractivity contribution in [2.45, 2.75) is 18.0 Å². The molecule has 1 N–H and O–H groups in total. The van der Waals surface area contributed by atoms with E-state index >= 15 is 0 Å². The fourth-order valence-corrected chi connectivity index (χ4v) is 3.90. The number of rotatable bonds is 4. The van der Waals surface area contributed by atoms with E-state index in [1.807, 2.05) is 0 Å². The van der Waals surface area contributed by atoms with Gasteiger partial charge in [0.15, 0.2) is 0 Å². The second-order valence-electron chi connectivity index (χ2n) is 6.55. The lowest BCUT2D eigenvalue weighted by atomic mass is 10.1. The summed E-state index contributed by atoms with van der Waals surface area (Å²) in [5.74, 6) is -0.902. The van der Waals surface area contributed by atoms with Crippen molar-refractivity contribution in [2.24, 2.45) is 14.1 Å². The minimum atomic E-state index is -4.61. The van der Waals surface area contributed by atoms with Gasteiger partial charge in [-0.15, -0.1) is 11.8 Å². The van der Waals surface area contributed by atoms with Crippen LogP contribution in [0.15, 0.2) is 44.9 Å². The lowest BCUT2D eigenvalue weighted by Crippen LogP contribution is -2.37. The standard InChI is InChI=1S/C19H17F3N4O3S/c1-10-8-23-16-14(17(28)26(3)18(29)25(16)2)15(10)30-9-13(27)24-12-7-5-4-6-11(12)19(20,21)22/h4-8H,9H2,1-3H3,(H,24,27). The van der Waals surface area contributed by atoms with Crippen LogP contribution in [0.3, 0.4) is 0 Å². The Balaban J connectivity index is 1.92. The highest BCUT2D eigenvalue weighted by Gasteiger charge is 2.33. The summed E-state index contributed by atoms with van der Waals surface area (Å²) in [5, 5.41) is 2.44. The summed E-state index contributed by atoms with van der Waals surface area (Å²) in [6, 6.07) is 4.68. The number of aryl methyl sites for hydroxylation is 2. The Morgan fingerprint density at radius 1 is 1.17 bits per heavy atom. The monoisotopic (exact) mass is 438 g/mol. The second kappa shape index (κ2) is 7.98. The quantitative estimate of drug-likeness (QED) is 0.633. The van der Waals surface area contributed by atoms with Crippen LogP contribution in [-0.2, 0) is 25.1 Å². The number of pyridine rings is 1. The van der Waals surface area contributed by atoms with Gasteiger partial charge in [0.2, 0.25) is 5.91 Å². The number of anilines is 1. The molecule has 1 aromatic carbocycles. The van der Waals surface area contributed by atoms with E-state index in [1.54, 1.807) is 6.92 Å². The smallest absolute Gasteiger partial charge is 0.325 e. The molecule has 0 radical (unpaired) electrons. The highest BCUT2D eigenvalue weighted by Crippen LogP contribution is 2.35. The molecule has 2 aromatic heterocycles. The number of para-hydroxylation sites is 1. The number of fused-ring (bicyclic) bond motifs is 1. The Morgan fingerprint density at radius 2 is 1.83 bits per heavy atom. The summed E-state index contributed by atoms with van der Waals surface area (Å²) in [4.78, 5) is 41.7. The Bertz CT molecular complexity index is 1260. The van der Waals surface area contributed by atoms with Crippen molar-refractivity contribution in [3.63, 3.8) is 0 Å². The lowest BCUT2D eigenvalue weighted by Gasteiger charge is -2.14. The number of hydrogen-bond donors (Lipinski definition) is 1. The average Bonchev–Trinajstić information content (AvgIpc) is 2.69. The van der Waals surface area contributed by atoms with E-state index in [2.05, 4.69) is 10.3 Å². The van der Waals surface area contributed by atoms with Crippen LogP contribution < -0.4 is 16.6 Å². The zero-order valence-corrected chi connectivity index (χ0v) is 17.0. The van der Waals surface area contributed by atoms with Gasteiger partial charge in [0.25, 0.3) is 5.56 Å². The van der Waals surface area contributed by atoms with E-state index in [-0.39, 0.29) is 22.5 Å². The van der Waals surface area contributed by atoms with Gasteiger partial charge in [0.1, 0.15) is 5.65 Å². The van der Waals surface area contributed by atoms with Crippen LogP contribution >= 0.6 is 11.8 Å². The molecule has 0 atom stereocenters. The third kappa shape index (κ3) is 3.97. The number of benzene rings is 1. The molecule has 0 bridgehead atoms. The molecule has 11 heteroatoms. The fraction of sp³-hybridized carbons (Fsp3) is 0.263. The molecule has 1 amide bonds. The largest absolute Gasteiger partial charge is 0.418 e. The molecular formula is C19H17F3N4O3S. The predicted octanol–water partition coefficient (Wildman–Crippen LogP) is 2.69. The number of thioether (sulfide) groups is 1. The second-order valence-corrected chi connectivity index (χ2v) is 7.54. The lowest BCUT2D eigenvalue weighted by molar-refractivity contribution is -0.137. The molecule has 3 rings (SSSR count). The Kier molecular flexibility index (Phi) is 5.75. The van der Waals surface area contributed by atoms with Crippen LogP contribution in [0.1, 0.15) is 11.1 Å². The van der Waals surface area contributed by atoms with Gasteiger partial charge in [-0.3, -0.25) is 18.7 Å². The van der Waals surface area contributed by atoms with Gasteiger partial charge in [-0.25, -0.2) is 9.78 Å². The number of hydrogen-bond acceptors (Lipinski definition) is 5. The third-order valence-corrected chi connectivity index (χ3v) is 5.67. The van der Waals surface area contributed by atoms with Gasteiger partial charge in [0, 0.05) is 25.2 Å². The van der Waals surface area contributed by atoms with Crippen LogP contribution in [0, 0.1) is 6.92 Å². The molecule has 0 aliphatic carbocycles. The summed E-state index contributed by atoms with van der Waals surface area (Å²) in [6.07, 6.45) is -3.13. The molecule has 0 saturated carbocycles. The molecule has 0 spiro atoms. The maximum absolute atomic E-state index is 13.1. The van der Waals surface area contributed by atoms with Crippen LogP contribution in [0.2, 0.25) is 0 Å². The number of aromatic nitrogens is 3. The van der Waals surface area contributed by atoms with Crippen LogP contribution in [0.5, 0.6) is 0 Å². The number of halogens is 3. The molecule has 2 heterocycles. The first-order chi connectivity index (χ1) is 14.0. The summed E-state index contributed by atoms with van der Waals surface area (Å²) >= 11 is 0.993. The Morgan fingerprint density at radius 3 is 2.50 bits per heavy atom. The molecule has 158 valence electrons. The van der Waals surface area contributed by atoms with Crippen molar-refractivity contribution >= 4 is 34.4 Å². The number of alkyl halides is 3. The van der Waals surface area contributed by atoms with Crippen LogP contribution in [0.25, 0.3) is 11.0 Å². The van der Waals surface area contributed by atoms with E-state index in [9.17, 15) is 27.6 Å².